The topological polar surface area (TPSA) is 32.7 Å². The molecule has 1 unspecified atom stereocenters. The van der Waals surface area contributed by atoms with E-state index in [1.807, 2.05) is 12.1 Å². The van der Waals surface area contributed by atoms with Gasteiger partial charge in [-0.25, -0.2) is 0 Å². The molecule has 1 atom stereocenters. The number of aromatic hydroxyl groups is 1. The Balaban J connectivity index is 2.05. The highest BCUT2D eigenvalue weighted by Gasteiger charge is 2.38. The number of nitrogens with zero attached hydrogens (tertiary/aromatic N) is 1. The molecule has 3 nitrogen and oxygen atoms in total. The first-order valence-electron chi connectivity index (χ1n) is 8.42. The zero-order chi connectivity index (χ0) is 16.4. The van der Waals surface area contributed by atoms with Crippen LogP contribution < -0.4 is 9.64 Å². The number of ether oxygens (including phenoxy) is 1. The smallest absolute Gasteiger partial charge is 0.147 e. The van der Waals surface area contributed by atoms with Gasteiger partial charge >= 0.3 is 0 Å². The third-order valence-electron chi connectivity index (χ3n) is 5.08. The quantitative estimate of drug-likeness (QED) is 0.870. The van der Waals surface area contributed by atoms with Gasteiger partial charge in [0, 0.05) is 6.07 Å². The van der Waals surface area contributed by atoms with Crippen LogP contribution in [0.2, 0.25) is 0 Å². The average Bonchev–Trinajstić information content (AvgIpc) is 2.60. The molecule has 3 rings (SSSR count). The highest BCUT2D eigenvalue weighted by atomic mass is 16.5. The molecule has 2 aromatic rings. The van der Waals surface area contributed by atoms with Gasteiger partial charge in [0.1, 0.15) is 17.1 Å². The molecule has 1 heterocycles. The lowest BCUT2D eigenvalue weighted by atomic mass is 9.92. The molecule has 0 aliphatic carbocycles. The van der Waals surface area contributed by atoms with Crippen molar-refractivity contribution in [1.82, 2.24) is 0 Å². The van der Waals surface area contributed by atoms with E-state index in [9.17, 15) is 5.11 Å². The molecule has 1 aliphatic rings. The Morgan fingerprint density at radius 1 is 1.13 bits per heavy atom. The first kappa shape index (κ1) is 15.7. The van der Waals surface area contributed by atoms with Gasteiger partial charge < -0.3 is 14.7 Å². The fourth-order valence-corrected chi connectivity index (χ4v) is 3.36. The lowest BCUT2D eigenvalue weighted by Crippen LogP contribution is -2.51. The maximum absolute atomic E-state index is 9.85. The first-order valence-corrected chi connectivity index (χ1v) is 8.42. The summed E-state index contributed by atoms with van der Waals surface area (Å²) in [6, 6.07) is 16.2. The fourth-order valence-electron chi connectivity index (χ4n) is 3.36. The van der Waals surface area contributed by atoms with Gasteiger partial charge in [0.25, 0.3) is 0 Å². The van der Waals surface area contributed by atoms with E-state index in [4.69, 9.17) is 4.74 Å². The summed E-state index contributed by atoms with van der Waals surface area (Å²) in [6.45, 7) is 7.42. The Morgan fingerprint density at radius 3 is 2.48 bits per heavy atom. The summed E-state index contributed by atoms with van der Waals surface area (Å²) >= 11 is 0. The van der Waals surface area contributed by atoms with E-state index in [2.05, 4.69) is 49.9 Å². The summed E-state index contributed by atoms with van der Waals surface area (Å²) in [5.41, 5.74) is 2.13. The van der Waals surface area contributed by atoms with Crippen LogP contribution in [-0.2, 0) is 0 Å². The van der Waals surface area contributed by atoms with E-state index < -0.39 is 0 Å². The van der Waals surface area contributed by atoms with E-state index in [1.54, 1.807) is 12.1 Å². The number of phenols is 1. The second kappa shape index (κ2) is 6.15. The van der Waals surface area contributed by atoms with Crippen LogP contribution in [0.15, 0.2) is 48.5 Å². The molecule has 23 heavy (non-hydrogen) atoms. The summed E-state index contributed by atoms with van der Waals surface area (Å²) < 4.78 is 6.31. The third kappa shape index (κ3) is 2.88. The Hall–Kier alpha value is -2.16. The van der Waals surface area contributed by atoms with Crippen molar-refractivity contribution in [2.75, 3.05) is 11.4 Å². The first-order chi connectivity index (χ1) is 11.1. The van der Waals surface area contributed by atoms with Crippen molar-refractivity contribution in [3.05, 3.63) is 54.1 Å². The molecule has 0 amide bonds. The van der Waals surface area contributed by atoms with Gasteiger partial charge in [0.15, 0.2) is 0 Å². The monoisotopic (exact) mass is 311 g/mol. The molecule has 0 spiro atoms. The molecule has 0 fully saturated rings. The molecule has 0 aromatic heterocycles. The Morgan fingerprint density at radius 2 is 1.83 bits per heavy atom. The molecule has 0 saturated carbocycles. The van der Waals surface area contributed by atoms with Crippen molar-refractivity contribution in [2.24, 2.45) is 0 Å². The highest BCUT2D eigenvalue weighted by molar-refractivity contribution is 5.64. The van der Waals surface area contributed by atoms with Gasteiger partial charge in [-0.1, -0.05) is 44.2 Å². The van der Waals surface area contributed by atoms with Crippen LogP contribution in [0.25, 0.3) is 0 Å². The van der Waals surface area contributed by atoms with Gasteiger partial charge in [-0.15, -0.1) is 0 Å². The SMILES string of the molecule is CCC1(CC)CN(C(C)c2ccccc2)c2ccc(O)cc2O1. The second-order valence-electron chi connectivity index (χ2n) is 6.36. The summed E-state index contributed by atoms with van der Waals surface area (Å²) in [6.07, 6.45) is 1.88. The molecule has 3 heteroatoms. The van der Waals surface area contributed by atoms with Gasteiger partial charge in [-0.05, 0) is 37.5 Å². The van der Waals surface area contributed by atoms with Crippen LogP contribution in [0.4, 0.5) is 5.69 Å². The van der Waals surface area contributed by atoms with E-state index in [-0.39, 0.29) is 17.4 Å². The molecule has 2 aromatic carbocycles. The number of hydrogen-bond donors (Lipinski definition) is 1. The lowest BCUT2D eigenvalue weighted by Gasteiger charge is -2.46. The van der Waals surface area contributed by atoms with Crippen molar-refractivity contribution in [3.8, 4) is 11.5 Å². The average molecular weight is 311 g/mol. The lowest BCUT2D eigenvalue weighted by molar-refractivity contribution is 0.0549. The van der Waals surface area contributed by atoms with Crippen molar-refractivity contribution in [3.63, 3.8) is 0 Å². The normalized spacial score (nSPS) is 17.3. The minimum Gasteiger partial charge on any atom is -0.508 e. The zero-order valence-electron chi connectivity index (χ0n) is 14.1. The predicted octanol–water partition coefficient (Wildman–Crippen LogP) is 4.91. The van der Waals surface area contributed by atoms with E-state index in [1.165, 1.54) is 5.56 Å². The second-order valence-corrected chi connectivity index (χ2v) is 6.36. The summed E-state index contributed by atoms with van der Waals surface area (Å²) in [5, 5.41) is 9.85. The van der Waals surface area contributed by atoms with Crippen LogP contribution in [0.3, 0.4) is 0 Å². The van der Waals surface area contributed by atoms with Gasteiger partial charge in [-0.3, -0.25) is 0 Å². The maximum Gasteiger partial charge on any atom is 0.147 e. The van der Waals surface area contributed by atoms with Gasteiger partial charge in [0.2, 0.25) is 0 Å². The van der Waals surface area contributed by atoms with Gasteiger partial charge in [0.05, 0.1) is 18.3 Å². The minimum absolute atomic E-state index is 0.205. The zero-order valence-corrected chi connectivity index (χ0v) is 14.1. The molecule has 122 valence electrons. The van der Waals surface area contributed by atoms with Crippen molar-refractivity contribution < 1.29 is 9.84 Å². The van der Waals surface area contributed by atoms with Crippen molar-refractivity contribution in [1.29, 1.82) is 0 Å². The molecule has 1 aliphatic heterocycles. The maximum atomic E-state index is 9.85. The van der Waals surface area contributed by atoms with Crippen LogP contribution in [-0.4, -0.2) is 17.3 Å². The number of fused-ring (bicyclic) bond motifs is 1. The summed E-state index contributed by atoms with van der Waals surface area (Å²) in [5.74, 6) is 1.03. The minimum atomic E-state index is -0.205. The van der Waals surface area contributed by atoms with Gasteiger partial charge in [-0.2, -0.15) is 0 Å². The van der Waals surface area contributed by atoms with Crippen LogP contribution in [0, 0.1) is 0 Å². The standard InChI is InChI=1S/C20H25NO2/c1-4-20(5-2)14-21(15(3)16-9-7-6-8-10-16)18-12-11-17(22)13-19(18)23-20/h6-13,15,22H,4-5,14H2,1-3H3. The molecular formula is C20H25NO2. The summed E-state index contributed by atoms with van der Waals surface area (Å²) in [4.78, 5) is 2.40. The third-order valence-corrected chi connectivity index (χ3v) is 5.08. The van der Waals surface area contributed by atoms with Crippen LogP contribution in [0.5, 0.6) is 11.5 Å². The molecule has 1 N–H and O–H groups in total. The van der Waals surface area contributed by atoms with Crippen LogP contribution >= 0.6 is 0 Å². The molecule has 0 bridgehead atoms. The van der Waals surface area contributed by atoms with E-state index >= 15 is 0 Å². The number of anilines is 1. The van der Waals surface area contributed by atoms with E-state index in [0.717, 1.165) is 30.8 Å². The number of phenolic OH excluding ortho intramolecular Hbond substituents is 1. The number of rotatable bonds is 4. The van der Waals surface area contributed by atoms with Crippen molar-refractivity contribution >= 4 is 5.69 Å². The number of hydrogen-bond acceptors (Lipinski definition) is 3. The fraction of sp³-hybridized carbons (Fsp3) is 0.400. The molecule has 0 radical (unpaired) electrons. The van der Waals surface area contributed by atoms with E-state index in [0.29, 0.717) is 0 Å². The largest absolute Gasteiger partial charge is 0.508 e. The summed E-state index contributed by atoms with van der Waals surface area (Å²) in [7, 11) is 0. The highest BCUT2D eigenvalue weighted by Crippen LogP contribution is 2.44. The number of benzene rings is 2. The van der Waals surface area contributed by atoms with Crippen molar-refractivity contribution in [2.45, 2.75) is 45.3 Å². The Bertz CT molecular complexity index is 665. The Kier molecular flexibility index (Phi) is 4.20. The molecule has 0 saturated heterocycles. The van der Waals surface area contributed by atoms with Crippen LogP contribution in [0.1, 0.15) is 45.2 Å². The molecular weight excluding hydrogens is 286 g/mol. The Labute approximate surface area is 138 Å². The predicted molar refractivity (Wildman–Crippen MR) is 94.3 cm³/mol.